The number of rotatable bonds is 4. The molecule has 1 unspecified atom stereocenters. The molecule has 0 bridgehead atoms. The predicted molar refractivity (Wildman–Crippen MR) is 40.3 cm³/mol. The molecule has 2 heteroatoms. The lowest BCUT2D eigenvalue weighted by Gasteiger charge is -2.02. The number of hydrogen-bond acceptors (Lipinski definition) is 1. The molecule has 0 radical (unpaired) electrons. The summed E-state index contributed by atoms with van der Waals surface area (Å²) in [6, 6.07) is 0. The summed E-state index contributed by atoms with van der Waals surface area (Å²) in [6.45, 7) is 1.95. The smallest absolute Gasteiger partial charge is 0.0827 e. The predicted octanol–water partition coefficient (Wildman–Crippen LogP) is 2.04. The van der Waals surface area contributed by atoms with Crippen molar-refractivity contribution >= 4 is 0 Å². The van der Waals surface area contributed by atoms with Crippen LogP contribution in [0.4, 0.5) is 4.39 Å². The molecule has 0 spiro atoms. The van der Waals surface area contributed by atoms with E-state index in [2.05, 4.69) is 0 Å². The van der Waals surface area contributed by atoms with Gasteiger partial charge in [0.2, 0.25) is 0 Å². The Bertz CT molecular complexity index is 118. The van der Waals surface area contributed by atoms with Crippen LogP contribution in [0.2, 0.25) is 0 Å². The number of allylic oxidation sites excluding steroid dienone is 2. The van der Waals surface area contributed by atoms with Crippen molar-refractivity contribution < 1.29 is 9.50 Å². The lowest BCUT2D eigenvalue weighted by atomic mass is 10.1. The summed E-state index contributed by atoms with van der Waals surface area (Å²) < 4.78 is 11.4. The Morgan fingerprint density at radius 2 is 2.30 bits per heavy atom. The van der Waals surface area contributed by atoms with Crippen LogP contribution in [0.5, 0.6) is 0 Å². The fourth-order valence-corrected chi connectivity index (χ4v) is 0.712. The number of aliphatic hydroxyl groups is 1. The second-order valence-electron chi connectivity index (χ2n) is 2.07. The SMILES string of the molecule is C/C=C\C(CO)C/C=C/F. The third-order valence-corrected chi connectivity index (χ3v) is 1.23. The van der Waals surface area contributed by atoms with Crippen LogP contribution >= 0.6 is 0 Å². The molecule has 0 aromatic heterocycles. The van der Waals surface area contributed by atoms with Crippen LogP contribution in [-0.2, 0) is 0 Å². The Morgan fingerprint density at radius 3 is 2.70 bits per heavy atom. The maximum atomic E-state index is 11.4. The summed E-state index contributed by atoms with van der Waals surface area (Å²) in [6.07, 6.45) is 6.19. The summed E-state index contributed by atoms with van der Waals surface area (Å²) in [5.41, 5.74) is 0. The molecule has 0 rings (SSSR count). The van der Waals surface area contributed by atoms with E-state index in [0.29, 0.717) is 12.8 Å². The lowest BCUT2D eigenvalue weighted by molar-refractivity contribution is 0.253. The lowest BCUT2D eigenvalue weighted by Crippen LogP contribution is -1.99. The molecule has 0 aliphatic rings. The molecule has 1 atom stereocenters. The maximum Gasteiger partial charge on any atom is 0.0827 e. The Kier molecular flexibility index (Phi) is 6.08. The molecule has 0 aromatic carbocycles. The molecule has 0 fully saturated rings. The van der Waals surface area contributed by atoms with Gasteiger partial charge in [-0.3, -0.25) is 0 Å². The van der Waals surface area contributed by atoms with Crippen LogP contribution in [0.3, 0.4) is 0 Å². The van der Waals surface area contributed by atoms with Gasteiger partial charge in [0.05, 0.1) is 6.33 Å². The van der Waals surface area contributed by atoms with Crippen LogP contribution < -0.4 is 0 Å². The minimum atomic E-state index is 0.0667. The third-order valence-electron chi connectivity index (χ3n) is 1.23. The van der Waals surface area contributed by atoms with E-state index in [-0.39, 0.29) is 12.5 Å². The standard InChI is InChI=1S/C8H13FO/c1-2-4-8(7-10)5-3-6-9/h2-4,6,8,10H,5,7H2,1H3/b4-2-,6-3+. The quantitative estimate of drug-likeness (QED) is 0.599. The summed E-state index contributed by atoms with van der Waals surface area (Å²) >= 11 is 0. The number of aliphatic hydroxyl groups excluding tert-OH is 1. The van der Waals surface area contributed by atoms with Gasteiger partial charge in [0, 0.05) is 12.5 Å². The summed E-state index contributed by atoms with van der Waals surface area (Å²) in [5, 5.41) is 8.68. The van der Waals surface area contributed by atoms with Gasteiger partial charge in [0.25, 0.3) is 0 Å². The minimum absolute atomic E-state index is 0.0667. The fraction of sp³-hybridized carbons (Fsp3) is 0.500. The molecule has 1 nitrogen and oxygen atoms in total. The first-order chi connectivity index (χ1) is 4.85. The third kappa shape index (κ3) is 4.27. The molecule has 10 heavy (non-hydrogen) atoms. The second kappa shape index (κ2) is 6.49. The topological polar surface area (TPSA) is 20.2 Å². The van der Waals surface area contributed by atoms with E-state index in [1.807, 2.05) is 19.1 Å². The molecule has 0 aliphatic heterocycles. The maximum absolute atomic E-state index is 11.4. The largest absolute Gasteiger partial charge is 0.396 e. The van der Waals surface area contributed by atoms with Crippen LogP contribution in [-0.4, -0.2) is 11.7 Å². The molecule has 58 valence electrons. The van der Waals surface area contributed by atoms with Crippen molar-refractivity contribution in [2.45, 2.75) is 13.3 Å². The van der Waals surface area contributed by atoms with Gasteiger partial charge in [-0.2, -0.15) is 0 Å². The van der Waals surface area contributed by atoms with Crippen molar-refractivity contribution in [3.8, 4) is 0 Å². The summed E-state index contributed by atoms with van der Waals surface area (Å²) in [7, 11) is 0. The molecule has 1 N–H and O–H groups in total. The Balaban J connectivity index is 3.60. The first kappa shape index (κ1) is 9.37. The van der Waals surface area contributed by atoms with Crippen molar-refractivity contribution in [3.63, 3.8) is 0 Å². The van der Waals surface area contributed by atoms with Gasteiger partial charge in [-0.05, 0) is 13.3 Å². The van der Waals surface area contributed by atoms with Crippen LogP contribution in [0.25, 0.3) is 0 Å². The van der Waals surface area contributed by atoms with Crippen molar-refractivity contribution in [2.24, 2.45) is 5.92 Å². The van der Waals surface area contributed by atoms with Gasteiger partial charge in [-0.1, -0.05) is 18.2 Å². The highest BCUT2D eigenvalue weighted by Gasteiger charge is 1.97. The van der Waals surface area contributed by atoms with Crippen molar-refractivity contribution in [3.05, 3.63) is 24.6 Å². The zero-order chi connectivity index (χ0) is 7.82. The minimum Gasteiger partial charge on any atom is -0.396 e. The Labute approximate surface area is 60.9 Å². The average molecular weight is 144 g/mol. The van der Waals surface area contributed by atoms with E-state index >= 15 is 0 Å². The summed E-state index contributed by atoms with van der Waals surface area (Å²) in [4.78, 5) is 0. The van der Waals surface area contributed by atoms with E-state index < -0.39 is 0 Å². The first-order valence-electron chi connectivity index (χ1n) is 3.34. The van der Waals surface area contributed by atoms with Crippen LogP contribution in [0.1, 0.15) is 13.3 Å². The molecular formula is C8H13FO. The first-order valence-corrected chi connectivity index (χ1v) is 3.34. The highest BCUT2D eigenvalue weighted by atomic mass is 19.1. The highest BCUT2D eigenvalue weighted by Crippen LogP contribution is 2.04. The zero-order valence-electron chi connectivity index (χ0n) is 6.13. The Hall–Kier alpha value is -0.630. The molecule has 0 amide bonds. The molecule has 0 aliphatic carbocycles. The van der Waals surface area contributed by atoms with Gasteiger partial charge >= 0.3 is 0 Å². The van der Waals surface area contributed by atoms with Gasteiger partial charge in [0.15, 0.2) is 0 Å². The molecule has 0 aromatic rings. The Morgan fingerprint density at radius 1 is 1.60 bits per heavy atom. The zero-order valence-corrected chi connectivity index (χ0v) is 6.13. The van der Waals surface area contributed by atoms with E-state index in [9.17, 15) is 4.39 Å². The average Bonchev–Trinajstić information content (AvgIpc) is 1.98. The molecular weight excluding hydrogens is 131 g/mol. The van der Waals surface area contributed by atoms with Crippen molar-refractivity contribution in [2.75, 3.05) is 6.61 Å². The van der Waals surface area contributed by atoms with E-state index in [4.69, 9.17) is 5.11 Å². The van der Waals surface area contributed by atoms with Crippen molar-refractivity contribution in [1.29, 1.82) is 0 Å². The van der Waals surface area contributed by atoms with E-state index in [1.165, 1.54) is 6.08 Å². The second-order valence-corrected chi connectivity index (χ2v) is 2.07. The normalized spacial score (nSPS) is 15.1. The fourth-order valence-electron chi connectivity index (χ4n) is 0.712. The van der Waals surface area contributed by atoms with E-state index in [1.54, 1.807) is 0 Å². The monoisotopic (exact) mass is 144 g/mol. The molecule has 0 saturated carbocycles. The van der Waals surface area contributed by atoms with Gasteiger partial charge in [-0.25, -0.2) is 4.39 Å². The van der Waals surface area contributed by atoms with Crippen LogP contribution in [0, 0.1) is 5.92 Å². The number of hydrogen-bond donors (Lipinski definition) is 1. The molecule has 0 heterocycles. The van der Waals surface area contributed by atoms with Crippen LogP contribution in [0.15, 0.2) is 24.6 Å². The number of halogens is 1. The van der Waals surface area contributed by atoms with Gasteiger partial charge < -0.3 is 5.11 Å². The van der Waals surface area contributed by atoms with Crippen molar-refractivity contribution in [1.82, 2.24) is 0 Å². The van der Waals surface area contributed by atoms with Gasteiger partial charge in [-0.15, -0.1) is 0 Å². The summed E-state index contributed by atoms with van der Waals surface area (Å²) in [5.74, 6) is 0.0667. The van der Waals surface area contributed by atoms with Gasteiger partial charge in [0.1, 0.15) is 0 Å². The highest BCUT2D eigenvalue weighted by molar-refractivity contribution is 4.90. The van der Waals surface area contributed by atoms with E-state index in [0.717, 1.165) is 0 Å². The molecule has 0 saturated heterocycles.